The zero-order valence-electron chi connectivity index (χ0n) is 11.5. The lowest BCUT2D eigenvalue weighted by molar-refractivity contribution is -0.0861. The van der Waals surface area contributed by atoms with Gasteiger partial charge in [-0.25, -0.2) is 0 Å². The van der Waals surface area contributed by atoms with E-state index in [-0.39, 0.29) is 5.41 Å². The average Bonchev–Trinajstić information content (AvgIpc) is 2.40. The van der Waals surface area contributed by atoms with Crippen molar-refractivity contribution >= 4 is 5.69 Å². The molecule has 1 saturated carbocycles. The molecule has 0 aromatic heterocycles. The summed E-state index contributed by atoms with van der Waals surface area (Å²) in [7, 11) is 0. The molecular formula is C16H24N2O. The van der Waals surface area contributed by atoms with Crippen molar-refractivity contribution in [2.24, 2.45) is 5.73 Å². The number of aryl methyl sites for hydroxylation is 1. The number of hydrogen-bond acceptors (Lipinski definition) is 3. The Morgan fingerprint density at radius 2 is 1.95 bits per heavy atom. The normalized spacial score (nSPS) is 33.6. The fourth-order valence-corrected chi connectivity index (χ4v) is 4.40. The summed E-state index contributed by atoms with van der Waals surface area (Å²) in [5.74, 6) is 0. The van der Waals surface area contributed by atoms with E-state index in [2.05, 4.69) is 12.1 Å². The van der Waals surface area contributed by atoms with Gasteiger partial charge in [-0.3, -0.25) is 0 Å². The Kier molecular flexibility index (Phi) is 3.06. The molecule has 0 unspecified atom stereocenters. The fraction of sp³-hybridized carbons (Fsp3) is 0.625. The van der Waals surface area contributed by atoms with Crippen LogP contribution >= 0.6 is 0 Å². The minimum absolute atomic E-state index is 0.164. The Morgan fingerprint density at radius 1 is 1.16 bits per heavy atom. The van der Waals surface area contributed by atoms with Crippen LogP contribution in [0, 0.1) is 0 Å². The number of hydrogen-bond donors (Lipinski definition) is 3. The van der Waals surface area contributed by atoms with E-state index in [0.717, 1.165) is 44.2 Å². The third kappa shape index (κ3) is 1.79. The molecular weight excluding hydrogens is 236 g/mol. The Balaban J connectivity index is 2.17. The molecule has 19 heavy (non-hydrogen) atoms. The van der Waals surface area contributed by atoms with Crippen molar-refractivity contribution in [1.29, 1.82) is 0 Å². The Labute approximate surface area is 115 Å². The Morgan fingerprint density at radius 3 is 2.74 bits per heavy atom. The quantitative estimate of drug-likeness (QED) is 0.713. The van der Waals surface area contributed by atoms with E-state index in [1.807, 2.05) is 6.07 Å². The Hall–Kier alpha value is -1.06. The van der Waals surface area contributed by atoms with Gasteiger partial charge in [0.1, 0.15) is 0 Å². The molecule has 1 fully saturated rings. The molecule has 0 saturated heterocycles. The maximum absolute atomic E-state index is 11.2. The van der Waals surface area contributed by atoms with Crippen LogP contribution in [0.15, 0.2) is 18.2 Å². The number of fused-ring (bicyclic) bond motifs is 3. The minimum atomic E-state index is -0.578. The summed E-state index contributed by atoms with van der Waals surface area (Å²) in [5, 5.41) is 11.2. The number of anilines is 1. The first kappa shape index (κ1) is 12.9. The van der Waals surface area contributed by atoms with Gasteiger partial charge < -0.3 is 16.6 Å². The molecule has 0 aliphatic heterocycles. The van der Waals surface area contributed by atoms with Gasteiger partial charge in [0.25, 0.3) is 0 Å². The van der Waals surface area contributed by atoms with Gasteiger partial charge in [0, 0.05) is 11.1 Å². The molecule has 2 aliphatic carbocycles. The van der Waals surface area contributed by atoms with Gasteiger partial charge in [0.2, 0.25) is 0 Å². The second kappa shape index (κ2) is 4.50. The molecule has 2 atom stereocenters. The molecule has 5 N–H and O–H groups in total. The molecule has 2 aliphatic rings. The minimum Gasteiger partial charge on any atom is -0.399 e. The van der Waals surface area contributed by atoms with E-state index < -0.39 is 5.60 Å². The number of rotatable bonds is 2. The predicted molar refractivity (Wildman–Crippen MR) is 77.9 cm³/mol. The number of nitrogen functional groups attached to an aromatic ring is 1. The first-order chi connectivity index (χ1) is 9.11. The zero-order chi connectivity index (χ0) is 13.5. The number of aliphatic hydroxyl groups is 1. The topological polar surface area (TPSA) is 72.3 Å². The summed E-state index contributed by atoms with van der Waals surface area (Å²) < 4.78 is 0. The molecule has 1 aromatic carbocycles. The van der Waals surface area contributed by atoms with Crippen molar-refractivity contribution in [2.75, 3.05) is 12.3 Å². The van der Waals surface area contributed by atoms with Crippen LogP contribution in [-0.4, -0.2) is 17.3 Å². The van der Waals surface area contributed by atoms with Crippen LogP contribution < -0.4 is 11.5 Å². The highest BCUT2D eigenvalue weighted by Gasteiger charge is 2.54. The van der Waals surface area contributed by atoms with E-state index in [0.29, 0.717) is 6.54 Å². The summed E-state index contributed by atoms with van der Waals surface area (Å²) in [6.45, 7) is 0.622. The van der Waals surface area contributed by atoms with E-state index in [4.69, 9.17) is 11.5 Å². The van der Waals surface area contributed by atoms with Gasteiger partial charge in [-0.1, -0.05) is 18.9 Å². The van der Waals surface area contributed by atoms with E-state index in [1.54, 1.807) is 0 Å². The van der Waals surface area contributed by atoms with Crippen LogP contribution in [0.25, 0.3) is 0 Å². The zero-order valence-corrected chi connectivity index (χ0v) is 11.5. The lowest BCUT2D eigenvalue weighted by atomic mass is 9.53. The monoisotopic (exact) mass is 260 g/mol. The Bertz CT molecular complexity index is 484. The van der Waals surface area contributed by atoms with Gasteiger partial charge in [0.05, 0.1) is 5.60 Å². The standard InChI is InChI=1S/C16H24N2O/c17-10-9-15-6-1-2-7-16(15,19)8-5-12-3-4-13(18)11-14(12)15/h3-4,11,19H,1-2,5-10,17-18H2/t15-,16+/m1/s1. The maximum Gasteiger partial charge on any atom is 0.0747 e. The van der Waals surface area contributed by atoms with Gasteiger partial charge in [-0.2, -0.15) is 0 Å². The largest absolute Gasteiger partial charge is 0.399 e. The smallest absolute Gasteiger partial charge is 0.0747 e. The number of benzene rings is 1. The molecule has 0 radical (unpaired) electrons. The molecule has 104 valence electrons. The van der Waals surface area contributed by atoms with Crippen LogP contribution in [0.5, 0.6) is 0 Å². The maximum atomic E-state index is 11.2. The molecule has 0 spiro atoms. The highest BCUT2D eigenvalue weighted by molar-refractivity contribution is 5.51. The average molecular weight is 260 g/mol. The van der Waals surface area contributed by atoms with Crippen LogP contribution in [0.4, 0.5) is 5.69 Å². The highest BCUT2D eigenvalue weighted by atomic mass is 16.3. The third-order valence-corrected chi connectivity index (χ3v) is 5.36. The first-order valence-electron chi connectivity index (χ1n) is 7.43. The van der Waals surface area contributed by atoms with Crippen LogP contribution in [-0.2, 0) is 11.8 Å². The second-order valence-electron chi connectivity index (χ2n) is 6.28. The summed E-state index contributed by atoms with van der Waals surface area (Å²) in [6.07, 6.45) is 6.93. The molecule has 0 bridgehead atoms. The van der Waals surface area contributed by atoms with Crippen molar-refractivity contribution in [3.05, 3.63) is 29.3 Å². The molecule has 3 heteroatoms. The molecule has 3 rings (SSSR count). The number of nitrogens with two attached hydrogens (primary N) is 2. The van der Waals surface area contributed by atoms with Gasteiger partial charge in [-0.05, 0) is 61.9 Å². The van der Waals surface area contributed by atoms with Crippen LogP contribution in [0.1, 0.15) is 49.7 Å². The summed E-state index contributed by atoms with van der Waals surface area (Å²) in [4.78, 5) is 0. The van der Waals surface area contributed by atoms with Gasteiger partial charge >= 0.3 is 0 Å². The van der Waals surface area contributed by atoms with Crippen LogP contribution in [0.3, 0.4) is 0 Å². The third-order valence-electron chi connectivity index (χ3n) is 5.36. The molecule has 3 nitrogen and oxygen atoms in total. The van der Waals surface area contributed by atoms with Crippen LogP contribution in [0.2, 0.25) is 0 Å². The van der Waals surface area contributed by atoms with E-state index in [1.165, 1.54) is 17.5 Å². The summed E-state index contributed by atoms with van der Waals surface area (Å²) in [5.41, 5.74) is 14.5. The molecule has 0 amide bonds. The van der Waals surface area contributed by atoms with Crippen molar-refractivity contribution in [2.45, 2.75) is 56.0 Å². The van der Waals surface area contributed by atoms with Crippen molar-refractivity contribution in [1.82, 2.24) is 0 Å². The SMILES string of the molecule is NCC[C@@]12CCCC[C@]1(O)CCc1ccc(N)cc12. The lowest BCUT2D eigenvalue weighted by Crippen LogP contribution is -2.57. The molecule has 1 aromatic rings. The fourth-order valence-electron chi connectivity index (χ4n) is 4.40. The van der Waals surface area contributed by atoms with Crippen molar-refractivity contribution in [3.8, 4) is 0 Å². The highest BCUT2D eigenvalue weighted by Crippen LogP contribution is 2.54. The first-order valence-corrected chi connectivity index (χ1v) is 7.43. The molecule has 0 heterocycles. The van der Waals surface area contributed by atoms with Gasteiger partial charge in [0.15, 0.2) is 0 Å². The van der Waals surface area contributed by atoms with Gasteiger partial charge in [-0.15, -0.1) is 0 Å². The summed E-state index contributed by atoms with van der Waals surface area (Å²) in [6, 6.07) is 6.19. The lowest BCUT2D eigenvalue weighted by Gasteiger charge is -2.54. The van der Waals surface area contributed by atoms with Crippen molar-refractivity contribution in [3.63, 3.8) is 0 Å². The van der Waals surface area contributed by atoms with E-state index in [9.17, 15) is 5.11 Å². The van der Waals surface area contributed by atoms with Crippen molar-refractivity contribution < 1.29 is 5.11 Å². The summed E-state index contributed by atoms with van der Waals surface area (Å²) >= 11 is 0. The van der Waals surface area contributed by atoms with E-state index >= 15 is 0 Å². The predicted octanol–water partition coefficient (Wildman–Crippen LogP) is 2.11. The second-order valence-corrected chi connectivity index (χ2v) is 6.28.